The van der Waals surface area contributed by atoms with Gasteiger partial charge in [-0.15, -0.1) is 0 Å². The molecule has 0 amide bonds. The van der Waals surface area contributed by atoms with Gasteiger partial charge in [0.15, 0.2) is 5.96 Å². The van der Waals surface area contributed by atoms with E-state index in [9.17, 15) is 0 Å². The van der Waals surface area contributed by atoms with Crippen LogP contribution in [0.25, 0.3) is 0 Å². The summed E-state index contributed by atoms with van der Waals surface area (Å²) in [5, 5.41) is 10.0. The fraction of sp³-hybridized carbons (Fsp3) is 0.632. The third-order valence-electron chi connectivity index (χ3n) is 4.06. The number of ether oxygens (including phenoxy) is 2. The van der Waals surface area contributed by atoms with Crippen molar-refractivity contribution < 1.29 is 9.47 Å². The number of hydrogen-bond donors (Lipinski definition) is 3. The van der Waals surface area contributed by atoms with Crippen molar-refractivity contribution >= 4 is 11.6 Å². The number of rotatable bonds is 11. The highest BCUT2D eigenvalue weighted by molar-refractivity contribution is 5.79. The van der Waals surface area contributed by atoms with Crippen molar-refractivity contribution in [3.8, 4) is 0 Å². The molecule has 140 valence electrons. The molecule has 1 aromatic carbocycles. The highest BCUT2D eigenvalue weighted by Crippen LogP contribution is 2.11. The van der Waals surface area contributed by atoms with Crippen LogP contribution in [0.5, 0.6) is 0 Å². The van der Waals surface area contributed by atoms with Crippen LogP contribution < -0.4 is 16.0 Å². The van der Waals surface area contributed by atoms with E-state index < -0.39 is 0 Å². The summed E-state index contributed by atoms with van der Waals surface area (Å²) in [5.41, 5.74) is 1.16. The Bertz CT molecular complexity index is 476. The molecule has 1 aliphatic heterocycles. The number of para-hydroxylation sites is 1. The zero-order valence-corrected chi connectivity index (χ0v) is 15.3. The lowest BCUT2D eigenvalue weighted by atomic mass is 10.2. The predicted molar refractivity (Wildman–Crippen MR) is 103 cm³/mol. The summed E-state index contributed by atoms with van der Waals surface area (Å²) in [6, 6.07) is 10.3. The second-order valence-corrected chi connectivity index (χ2v) is 6.14. The van der Waals surface area contributed by atoms with E-state index in [1.54, 1.807) is 7.05 Å². The van der Waals surface area contributed by atoms with Crippen LogP contribution in [0.15, 0.2) is 35.3 Å². The SMILES string of the molecule is CN=C(NCCCNc1ccccc1)NCCCOCC1CCCO1. The van der Waals surface area contributed by atoms with Crippen molar-refractivity contribution in [1.29, 1.82) is 0 Å². The average Bonchev–Trinajstić information content (AvgIpc) is 3.17. The van der Waals surface area contributed by atoms with Gasteiger partial charge in [-0.25, -0.2) is 0 Å². The summed E-state index contributed by atoms with van der Waals surface area (Å²) < 4.78 is 11.2. The largest absolute Gasteiger partial charge is 0.385 e. The first kappa shape index (κ1) is 19.5. The lowest BCUT2D eigenvalue weighted by Crippen LogP contribution is -2.38. The smallest absolute Gasteiger partial charge is 0.190 e. The molecule has 1 atom stereocenters. The van der Waals surface area contributed by atoms with E-state index in [-0.39, 0.29) is 0 Å². The topological polar surface area (TPSA) is 66.9 Å². The Balaban J connectivity index is 1.42. The van der Waals surface area contributed by atoms with E-state index in [1.165, 1.54) is 6.42 Å². The number of benzene rings is 1. The molecular formula is C19H32N4O2. The molecule has 1 heterocycles. The van der Waals surface area contributed by atoms with Gasteiger partial charge in [0.1, 0.15) is 0 Å². The third-order valence-corrected chi connectivity index (χ3v) is 4.06. The summed E-state index contributed by atoms with van der Waals surface area (Å²) in [6.07, 6.45) is 4.60. The van der Waals surface area contributed by atoms with Crippen LogP contribution in [0.1, 0.15) is 25.7 Å². The maximum Gasteiger partial charge on any atom is 0.190 e. The lowest BCUT2D eigenvalue weighted by Gasteiger charge is -2.13. The Kier molecular flexibility index (Phi) is 9.81. The minimum Gasteiger partial charge on any atom is -0.385 e. The zero-order valence-electron chi connectivity index (χ0n) is 15.3. The molecule has 6 heteroatoms. The number of nitrogens with one attached hydrogen (secondary N) is 3. The van der Waals surface area contributed by atoms with Crippen LogP contribution in [-0.4, -0.2) is 58.6 Å². The van der Waals surface area contributed by atoms with Crippen LogP contribution in [0, 0.1) is 0 Å². The van der Waals surface area contributed by atoms with E-state index in [1.807, 2.05) is 18.2 Å². The fourth-order valence-corrected chi connectivity index (χ4v) is 2.68. The molecule has 0 saturated carbocycles. The molecule has 1 aromatic rings. The van der Waals surface area contributed by atoms with Gasteiger partial charge in [-0.1, -0.05) is 18.2 Å². The van der Waals surface area contributed by atoms with Gasteiger partial charge in [-0.2, -0.15) is 0 Å². The monoisotopic (exact) mass is 348 g/mol. The summed E-state index contributed by atoms with van der Waals surface area (Å²) in [6.45, 7) is 5.04. The molecule has 0 bridgehead atoms. The van der Waals surface area contributed by atoms with Gasteiger partial charge in [0, 0.05) is 45.6 Å². The van der Waals surface area contributed by atoms with Gasteiger partial charge in [-0.3, -0.25) is 4.99 Å². The van der Waals surface area contributed by atoms with Gasteiger partial charge < -0.3 is 25.4 Å². The van der Waals surface area contributed by atoms with Gasteiger partial charge in [0.25, 0.3) is 0 Å². The van der Waals surface area contributed by atoms with Gasteiger partial charge in [-0.05, 0) is 37.8 Å². The lowest BCUT2D eigenvalue weighted by molar-refractivity contribution is 0.0168. The molecule has 1 saturated heterocycles. The van der Waals surface area contributed by atoms with Crippen molar-refractivity contribution in [2.45, 2.75) is 31.8 Å². The number of guanidine groups is 1. The Morgan fingerprint density at radius 3 is 2.68 bits per heavy atom. The van der Waals surface area contributed by atoms with E-state index in [4.69, 9.17) is 9.47 Å². The second kappa shape index (κ2) is 12.6. The number of nitrogens with zero attached hydrogens (tertiary/aromatic N) is 1. The maximum absolute atomic E-state index is 5.65. The quantitative estimate of drug-likeness (QED) is 0.325. The minimum atomic E-state index is 0.312. The van der Waals surface area contributed by atoms with Gasteiger partial charge >= 0.3 is 0 Å². The molecule has 0 aliphatic carbocycles. The van der Waals surface area contributed by atoms with Crippen LogP contribution in [0.3, 0.4) is 0 Å². The van der Waals surface area contributed by atoms with Crippen LogP contribution in [-0.2, 0) is 9.47 Å². The maximum atomic E-state index is 5.65. The summed E-state index contributed by atoms with van der Waals surface area (Å²) in [5.74, 6) is 0.846. The van der Waals surface area contributed by atoms with E-state index in [2.05, 4.69) is 33.1 Å². The van der Waals surface area contributed by atoms with Crippen molar-refractivity contribution in [1.82, 2.24) is 10.6 Å². The normalized spacial score (nSPS) is 17.5. The Hall–Kier alpha value is -1.79. The van der Waals surface area contributed by atoms with Crippen molar-refractivity contribution in [2.75, 3.05) is 51.8 Å². The predicted octanol–water partition coefficient (Wildman–Crippen LogP) is 2.24. The van der Waals surface area contributed by atoms with Crippen LogP contribution >= 0.6 is 0 Å². The Morgan fingerprint density at radius 2 is 1.96 bits per heavy atom. The number of aliphatic imine (C=N–C) groups is 1. The standard InChI is InChI=1S/C19H32N4O2/c1-20-19(22-12-6-11-21-17-8-3-2-4-9-17)23-13-7-14-24-16-18-10-5-15-25-18/h2-4,8-9,18,21H,5-7,10-16H2,1H3,(H2,20,22,23). The van der Waals surface area contributed by atoms with E-state index in [0.29, 0.717) is 6.10 Å². The first-order valence-corrected chi connectivity index (χ1v) is 9.31. The summed E-state index contributed by atoms with van der Waals surface area (Å²) in [4.78, 5) is 4.24. The first-order chi connectivity index (χ1) is 12.4. The molecule has 1 unspecified atom stereocenters. The molecule has 0 radical (unpaired) electrons. The third kappa shape index (κ3) is 8.74. The van der Waals surface area contributed by atoms with E-state index >= 15 is 0 Å². The fourth-order valence-electron chi connectivity index (χ4n) is 2.68. The number of anilines is 1. The van der Waals surface area contributed by atoms with Crippen molar-refractivity contribution in [3.05, 3.63) is 30.3 Å². The zero-order chi connectivity index (χ0) is 17.6. The molecule has 2 rings (SSSR count). The molecular weight excluding hydrogens is 316 g/mol. The molecule has 0 aromatic heterocycles. The Labute approximate surface area is 151 Å². The summed E-state index contributed by atoms with van der Waals surface area (Å²) in [7, 11) is 1.80. The Morgan fingerprint density at radius 1 is 1.16 bits per heavy atom. The van der Waals surface area contributed by atoms with Crippen LogP contribution in [0.4, 0.5) is 5.69 Å². The molecule has 0 spiro atoms. The van der Waals surface area contributed by atoms with Gasteiger partial charge in [0.05, 0.1) is 12.7 Å². The van der Waals surface area contributed by atoms with E-state index in [0.717, 1.165) is 70.4 Å². The van der Waals surface area contributed by atoms with Gasteiger partial charge in [0.2, 0.25) is 0 Å². The molecule has 6 nitrogen and oxygen atoms in total. The molecule has 1 aliphatic rings. The second-order valence-electron chi connectivity index (χ2n) is 6.14. The van der Waals surface area contributed by atoms with Crippen molar-refractivity contribution in [3.63, 3.8) is 0 Å². The number of hydrogen-bond acceptors (Lipinski definition) is 4. The first-order valence-electron chi connectivity index (χ1n) is 9.31. The van der Waals surface area contributed by atoms with Crippen LogP contribution in [0.2, 0.25) is 0 Å². The highest BCUT2D eigenvalue weighted by atomic mass is 16.5. The highest BCUT2D eigenvalue weighted by Gasteiger charge is 2.14. The average molecular weight is 348 g/mol. The summed E-state index contributed by atoms with van der Waals surface area (Å²) >= 11 is 0. The minimum absolute atomic E-state index is 0.312. The van der Waals surface area contributed by atoms with Crippen molar-refractivity contribution in [2.24, 2.45) is 4.99 Å². The molecule has 1 fully saturated rings. The molecule has 3 N–H and O–H groups in total. The molecule has 25 heavy (non-hydrogen) atoms.